The minimum Gasteiger partial charge on any atom is -0.327 e. The van der Waals surface area contributed by atoms with Crippen molar-refractivity contribution in [3.63, 3.8) is 0 Å². The maximum Gasteiger partial charge on any atom is 0.151 e. The maximum absolute atomic E-state index is 9.56. The lowest BCUT2D eigenvalue weighted by molar-refractivity contribution is 0.866. The number of nitriles is 1. The fourth-order valence-electron chi connectivity index (χ4n) is 2.68. The third-order valence-corrected chi connectivity index (χ3v) is 4.06. The molecule has 0 bridgehead atoms. The number of aromatic nitrogens is 2. The fraction of sp³-hybridized carbons (Fsp3) is 0.200. The first kappa shape index (κ1) is 15.1. The molecular weight excluding hydrogens is 282 g/mol. The zero-order valence-electron chi connectivity index (χ0n) is 13.6. The zero-order chi connectivity index (χ0) is 16.4. The van der Waals surface area contributed by atoms with E-state index in [0.29, 0.717) is 17.3 Å². The highest BCUT2D eigenvalue weighted by Gasteiger charge is 2.11. The topological polar surface area (TPSA) is 41.6 Å². The Labute approximate surface area is 136 Å². The highest BCUT2D eigenvalue weighted by atomic mass is 15.1. The number of benzene rings is 2. The lowest BCUT2D eigenvalue weighted by atomic mass is 10.0. The van der Waals surface area contributed by atoms with Crippen molar-refractivity contribution in [3.05, 3.63) is 65.5 Å². The van der Waals surface area contributed by atoms with E-state index in [1.54, 1.807) is 0 Å². The summed E-state index contributed by atoms with van der Waals surface area (Å²) in [4.78, 5) is 4.60. The molecule has 3 aromatic rings. The van der Waals surface area contributed by atoms with E-state index >= 15 is 0 Å². The average molecular weight is 301 g/mol. The van der Waals surface area contributed by atoms with E-state index in [1.807, 2.05) is 42.0 Å². The number of aryl methyl sites for hydroxylation is 1. The summed E-state index contributed by atoms with van der Waals surface area (Å²) in [5, 5.41) is 9.56. The Morgan fingerprint density at radius 2 is 1.83 bits per heavy atom. The predicted octanol–water partition coefficient (Wildman–Crippen LogP) is 4.76. The Bertz CT molecular complexity index is 906. The number of rotatable bonds is 3. The Balaban J connectivity index is 2.04. The molecule has 0 aliphatic carbocycles. The summed E-state index contributed by atoms with van der Waals surface area (Å²) in [7, 11) is 1.94. The van der Waals surface area contributed by atoms with Gasteiger partial charge in [0.25, 0.3) is 0 Å². The van der Waals surface area contributed by atoms with Crippen molar-refractivity contribution >= 4 is 22.7 Å². The molecule has 0 spiro atoms. The summed E-state index contributed by atoms with van der Waals surface area (Å²) < 4.78 is 1.97. The van der Waals surface area contributed by atoms with Gasteiger partial charge in [-0.25, -0.2) is 4.98 Å². The second kappa shape index (κ2) is 6.10. The van der Waals surface area contributed by atoms with Crippen LogP contribution in [0.1, 0.15) is 36.7 Å². The van der Waals surface area contributed by atoms with E-state index in [0.717, 1.165) is 16.6 Å². The minimum atomic E-state index is 0.503. The summed E-state index contributed by atoms with van der Waals surface area (Å²) in [5.74, 6) is 1.20. The molecule has 0 N–H and O–H groups in total. The first-order valence-corrected chi connectivity index (χ1v) is 7.73. The largest absolute Gasteiger partial charge is 0.327 e. The summed E-state index contributed by atoms with van der Waals surface area (Å²) >= 11 is 0. The number of allylic oxidation sites excluding steroid dienone is 1. The maximum atomic E-state index is 9.56. The smallest absolute Gasteiger partial charge is 0.151 e. The van der Waals surface area contributed by atoms with Crippen LogP contribution < -0.4 is 0 Å². The van der Waals surface area contributed by atoms with Crippen LogP contribution >= 0.6 is 0 Å². The predicted molar refractivity (Wildman–Crippen MR) is 94.7 cm³/mol. The molecule has 0 saturated heterocycles. The molecule has 0 unspecified atom stereocenters. The monoisotopic (exact) mass is 301 g/mol. The standard InChI is InChI=1S/C20H19N3/c1-14(2)16-10-8-15(9-11-16)12-17(13-21)20-22-18-6-4-5-7-19(18)23(20)3/h4-12,14H,1-3H3. The van der Waals surface area contributed by atoms with Crippen molar-refractivity contribution in [2.45, 2.75) is 19.8 Å². The van der Waals surface area contributed by atoms with Crippen LogP contribution in [0.15, 0.2) is 48.5 Å². The van der Waals surface area contributed by atoms with Crippen LogP contribution in [0.25, 0.3) is 22.7 Å². The molecular formula is C20H19N3. The van der Waals surface area contributed by atoms with Crippen LogP contribution in [-0.2, 0) is 7.05 Å². The highest BCUT2D eigenvalue weighted by Crippen LogP contribution is 2.23. The zero-order valence-corrected chi connectivity index (χ0v) is 13.6. The molecule has 23 heavy (non-hydrogen) atoms. The second-order valence-electron chi connectivity index (χ2n) is 5.97. The number of fused-ring (bicyclic) bond motifs is 1. The third kappa shape index (κ3) is 2.89. The number of hydrogen-bond acceptors (Lipinski definition) is 2. The molecule has 3 heteroatoms. The van der Waals surface area contributed by atoms with Gasteiger partial charge in [-0.15, -0.1) is 0 Å². The van der Waals surface area contributed by atoms with Gasteiger partial charge in [0.2, 0.25) is 0 Å². The number of imidazole rings is 1. The number of nitrogens with zero attached hydrogens (tertiary/aromatic N) is 3. The summed E-state index contributed by atoms with van der Waals surface area (Å²) in [5.41, 5.74) is 4.81. The van der Waals surface area contributed by atoms with E-state index < -0.39 is 0 Å². The van der Waals surface area contributed by atoms with E-state index in [9.17, 15) is 5.26 Å². The molecule has 3 rings (SSSR count). The van der Waals surface area contributed by atoms with Crippen LogP contribution in [0.2, 0.25) is 0 Å². The lowest BCUT2D eigenvalue weighted by Gasteiger charge is -2.05. The van der Waals surface area contributed by atoms with Gasteiger partial charge in [-0.3, -0.25) is 0 Å². The van der Waals surface area contributed by atoms with Gasteiger partial charge in [-0.2, -0.15) is 5.26 Å². The molecule has 0 fully saturated rings. The number of hydrogen-bond donors (Lipinski definition) is 0. The molecule has 0 aliphatic rings. The Morgan fingerprint density at radius 1 is 1.13 bits per heavy atom. The SMILES string of the molecule is CC(C)c1ccc(C=C(C#N)c2nc3ccccc3n2C)cc1. The molecule has 0 radical (unpaired) electrons. The van der Waals surface area contributed by atoms with E-state index in [1.165, 1.54) is 5.56 Å². The van der Waals surface area contributed by atoms with Gasteiger partial charge in [-0.1, -0.05) is 50.2 Å². The molecule has 0 amide bonds. The Kier molecular flexibility index (Phi) is 3.99. The third-order valence-electron chi connectivity index (χ3n) is 4.06. The molecule has 2 aromatic carbocycles. The van der Waals surface area contributed by atoms with E-state index in [2.05, 4.69) is 49.2 Å². The second-order valence-corrected chi connectivity index (χ2v) is 5.97. The van der Waals surface area contributed by atoms with Crippen LogP contribution in [0.3, 0.4) is 0 Å². The highest BCUT2D eigenvalue weighted by molar-refractivity contribution is 5.90. The minimum absolute atomic E-state index is 0.503. The van der Waals surface area contributed by atoms with Gasteiger partial charge in [0.05, 0.1) is 16.6 Å². The number of para-hydroxylation sites is 2. The van der Waals surface area contributed by atoms with Gasteiger partial charge in [0, 0.05) is 7.05 Å². The summed E-state index contributed by atoms with van der Waals surface area (Å²) in [6.07, 6.45) is 1.89. The quantitative estimate of drug-likeness (QED) is 0.654. The molecule has 114 valence electrons. The molecule has 1 aromatic heterocycles. The van der Waals surface area contributed by atoms with Crippen molar-refractivity contribution in [2.24, 2.45) is 7.05 Å². The van der Waals surface area contributed by atoms with E-state index in [4.69, 9.17) is 0 Å². The Morgan fingerprint density at radius 3 is 2.43 bits per heavy atom. The summed E-state index contributed by atoms with van der Waals surface area (Å²) in [6, 6.07) is 18.5. The van der Waals surface area contributed by atoms with Gasteiger partial charge in [0.15, 0.2) is 5.82 Å². The molecule has 0 saturated carbocycles. The van der Waals surface area contributed by atoms with Crippen molar-refractivity contribution in [1.29, 1.82) is 5.26 Å². The van der Waals surface area contributed by atoms with Crippen LogP contribution in [0, 0.1) is 11.3 Å². The first-order valence-electron chi connectivity index (χ1n) is 7.73. The fourth-order valence-corrected chi connectivity index (χ4v) is 2.68. The Hall–Kier alpha value is -2.86. The lowest BCUT2D eigenvalue weighted by Crippen LogP contribution is -1.96. The van der Waals surface area contributed by atoms with Gasteiger partial charge in [0.1, 0.15) is 6.07 Å². The first-order chi connectivity index (χ1) is 11.1. The average Bonchev–Trinajstić information content (AvgIpc) is 2.90. The van der Waals surface area contributed by atoms with E-state index in [-0.39, 0.29) is 0 Å². The van der Waals surface area contributed by atoms with Crippen LogP contribution in [0.5, 0.6) is 0 Å². The van der Waals surface area contributed by atoms with Crippen molar-refractivity contribution in [1.82, 2.24) is 9.55 Å². The normalized spacial score (nSPS) is 11.9. The molecule has 1 heterocycles. The van der Waals surface area contributed by atoms with Crippen LogP contribution in [0.4, 0.5) is 0 Å². The van der Waals surface area contributed by atoms with Gasteiger partial charge >= 0.3 is 0 Å². The molecule has 3 nitrogen and oxygen atoms in total. The molecule has 0 aliphatic heterocycles. The molecule has 0 atom stereocenters. The van der Waals surface area contributed by atoms with Crippen LogP contribution in [-0.4, -0.2) is 9.55 Å². The summed E-state index contributed by atoms with van der Waals surface area (Å²) in [6.45, 7) is 4.34. The van der Waals surface area contributed by atoms with Gasteiger partial charge in [-0.05, 0) is 35.3 Å². The van der Waals surface area contributed by atoms with Crippen molar-refractivity contribution < 1.29 is 0 Å². The van der Waals surface area contributed by atoms with Crippen molar-refractivity contribution in [3.8, 4) is 6.07 Å². The van der Waals surface area contributed by atoms with Gasteiger partial charge < -0.3 is 4.57 Å². The van der Waals surface area contributed by atoms with Crippen molar-refractivity contribution in [2.75, 3.05) is 0 Å².